The number of aliphatic hydroxyl groups excluding tert-OH is 1. The molecule has 0 radical (unpaired) electrons. The molecule has 1 atom stereocenters. The van der Waals surface area contributed by atoms with Crippen molar-refractivity contribution in [1.82, 2.24) is 10.1 Å². The topological polar surface area (TPSA) is 68.4 Å². The molecule has 1 unspecified atom stereocenters. The highest BCUT2D eigenvalue weighted by Crippen LogP contribution is 2.20. The molecule has 0 bridgehead atoms. The number of hydrogen-bond donors (Lipinski definition) is 1. The molecular formula is C15H20N2O3. The quantitative estimate of drug-likeness (QED) is 0.877. The lowest BCUT2D eigenvalue weighted by molar-refractivity contribution is 0.173. The summed E-state index contributed by atoms with van der Waals surface area (Å²) in [6.07, 6.45) is 0.274. The van der Waals surface area contributed by atoms with E-state index < -0.39 is 6.10 Å². The van der Waals surface area contributed by atoms with Crippen molar-refractivity contribution in [2.24, 2.45) is 0 Å². The number of hydrogen-bond acceptors (Lipinski definition) is 5. The van der Waals surface area contributed by atoms with Crippen LogP contribution < -0.4 is 4.74 Å². The number of ether oxygens (including phenoxy) is 1. The number of aromatic nitrogens is 2. The summed E-state index contributed by atoms with van der Waals surface area (Å²) in [6.45, 7) is 6.20. The average molecular weight is 276 g/mol. The molecule has 0 saturated heterocycles. The van der Waals surface area contributed by atoms with Gasteiger partial charge in [-0.1, -0.05) is 38.1 Å². The van der Waals surface area contributed by atoms with Gasteiger partial charge in [-0.3, -0.25) is 0 Å². The van der Waals surface area contributed by atoms with Crippen molar-refractivity contribution >= 4 is 0 Å². The van der Waals surface area contributed by atoms with Crippen LogP contribution in [0.2, 0.25) is 0 Å². The minimum absolute atomic E-state index is 0.214. The van der Waals surface area contributed by atoms with Gasteiger partial charge in [-0.25, -0.2) is 0 Å². The number of rotatable bonds is 6. The zero-order valence-electron chi connectivity index (χ0n) is 12.0. The molecule has 108 valence electrons. The van der Waals surface area contributed by atoms with E-state index in [-0.39, 0.29) is 12.5 Å². The van der Waals surface area contributed by atoms with Gasteiger partial charge in [0.1, 0.15) is 5.75 Å². The van der Waals surface area contributed by atoms with Crippen molar-refractivity contribution in [1.29, 1.82) is 0 Å². The summed E-state index contributed by atoms with van der Waals surface area (Å²) >= 11 is 0. The lowest BCUT2D eigenvalue weighted by Crippen LogP contribution is -1.99. The predicted octanol–water partition coefficient (Wildman–Crippen LogP) is 3.22. The van der Waals surface area contributed by atoms with Gasteiger partial charge in [-0.05, 0) is 24.1 Å². The summed E-state index contributed by atoms with van der Waals surface area (Å²) in [6, 6.07) is 7.38. The Morgan fingerprint density at radius 3 is 2.50 bits per heavy atom. The molecule has 1 aromatic carbocycles. The molecule has 0 aliphatic heterocycles. The van der Waals surface area contributed by atoms with Crippen LogP contribution in [0.4, 0.5) is 0 Å². The molecule has 0 aliphatic carbocycles. The second-order valence-corrected chi connectivity index (χ2v) is 4.99. The van der Waals surface area contributed by atoms with Gasteiger partial charge in [-0.15, -0.1) is 0 Å². The molecule has 0 spiro atoms. The molecule has 1 aromatic heterocycles. The fraction of sp³-hybridized carbons (Fsp3) is 0.467. The zero-order valence-corrected chi connectivity index (χ0v) is 12.0. The van der Waals surface area contributed by atoms with Crippen LogP contribution in [0.3, 0.4) is 0 Å². The summed E-state index contributed by atoms with van der Waals surface area (Å²) in [4.78, 5) is 4.24. The van der Waals surface area contributed by atoms with Crippen LogP contribution in [0, 0.1) is 0 Å². The number of benzene rings is 1. The maximum Gasteiger partial charge on any atom is 0.229 e. The van der Waals surface area contributed by atoms with E-state index in [1.807, 2.05) is 45.0 Å². The van der Waals surface area contributed by atoms with Gasteiger partial charge in [0.05, 0.1) is 6.10 Å². The van der Waals surface area contributed by atoms with Gasteiger partial charge in [-0.2, -0.15) is 4.98 Å². The minimum atomic E-state index is -0.421. The van der Waals surface area contributed by atoms with E-state index in [1.165, 1.54) is 0 Å². The number of nitrogens with zero attached hydrogens (tertiary/aromatic N) is 2. The molecule has 0 saturated carbocycles. The summed E-state index contributed by atoms with van der Waals surface area (Å²) in [5, 5.41) is 13.6. The molecule has 5 heteroatoms. The Labute approximate surface area is 118 Å². The van der Waals surface area contributed by atoms with Crippen molar-refractivity contribution in [2.75, 3.05) is 0 Å². The summed E-state index contributed by atoms with van der Waals surface area (Å²) in [5.74, 6) is 2.08. The molecule has 0 amide bonds. The van der Waals surface area contributed by atoms with Gasteiger partial charge in [0.2, 0.25) is 11.7 Å². The third kappa shape index (κ3) is 3.57. The van der Waals surface area contributed by atoms with E-state index in [9.17, 15) is 5.11 Å². The van der Waals surface area contributed by atoms with E-state index >= 15 is 0 Å². The first-order valence-electron chi connectivity index (χ1n) is 6.83. The lowest BCUT2D eigenvalue weighted by atomic mass is 10.1. The lowest BCUT2D eigenvalue weighted by Gasteiger charge is -2.09. The van der Waals surface area contributed by atoms with E-state index in [0.29, 0.717) is 23.9 Å². The highest BCUT2D eigenvalue weighted by atomic mass is 16.5. The SMILES string of the molecule is CCC(O)c1ccc(OCc2noc(C(C)C)n2)cc1. The first-order valence-corrected chi connectivity index (χ1v) is 6.83. The average Bonchev–Trinajstić information content (AvgIpc) is 2.94. The van der Waals surface area contributed by atoms with Crippen LogP contribution in [0.25, 0.3) is 0 Å². The first kappa shape index (κ1) is 14.5. The number of aliphatic hydroxyl groups is 1. The Morgan fingerprint density at radius 1 is 1.25 bits per heavy atom. The minimum Gasteiger partial charge on any atom is -0.485 e. The van der Waals surface area contributed by atoms with E-state index in [0.717, 1.165) is 5.56 Å². The fourth-order valence-corrected chi connectivity index (χ4v) is 1.73. The Bertz CT molecular complexity index is 534. The largest absolute Gasteiger partial charge is 0.485 e. The maximum atomic E-state index is 9.71. The second-order valence-electron chi connectivity index (χ2n) is 4.99. The van der Waals surface area contributed by atoms with Gasteiger partial charge in [0, 0.05) is 5.92 Å². The first-order chi connectivity index (χ1) is 9.60. The van der Waals surface area contributed by atoms with E-state index in [2.05, 4.69) is 10.1 Å². The van der Waals surface area contributed by atoms with Crippen LogP contribution in [-0.4, -0.2) is 15.2 Å². The molecule has 1 heterocycles. The molecule has 20 heavy (non-hydrogen) atoms. The highest BCUT2D eigenvalue weighted by molar-refractivity contribution is 5.28. The van der Waals surface area contributed by atoms with Crippen LogP contribution in [0.1, 0.15) is 56.5 Å². The molecule has 2 aromatic rings. The van der Waals surface area contributed by atoms with Crippen LogP contribution in [0.5, 0.6) is 5.75 Å². The monoisotopic (exact) mass is 276 g/mol. The Balaban J connectivity index is 1.93. The van der Waals surface area contributed by atoms with Gasteiger partial charge in [0.15, 0.2) is 6.61 Å². The van der Waals surface area contributed by atoms with Crippen molar-refractivity contribution in [3.05, 3.63) is 41.5 Å². The second kappa shape index (κ2) is 6.52. The Morgan fingerprint density at radius 2 is 1.95 bits per heavy atom. The van der Waals surface area contributed by atoms with E-state index in [1.54, 1.807) is 0 Å². The summed E-state index contributed by atoms with van der Waals surface area (Å²) < 4.78 is 10.7. The van der Waals surface area contributed by atoms with Crippen molar-refractivity contribution in [2.45, 2.75) is 45.8 Å². The van der Waals surface area contributed by atoms with Crippen molar-refractivity contribution < 1.29 is 14.4 Å². The Kier molecular flexibility index (Phi) is 4.74. The van der Waals surface area contributed by atoms with E-state index in [4.69, 9.17) is 9.26 Å². The van der Waals surface area contributed by atoms with Crippen molar-refractivity contribution in [3.8, 4) is 5.75 Å². The van der Waals surface area contributed by atoms with Gasteiger partial charge >= 0.3 is 0 Å². The molecule has 0 aliphatic rings. The van der Waals surface area contributed by atoms with Crippen molar-refractivity contribution in [3.63, 3.8) is 0 Å². The van der Waals surface area contributed by atoms with Crippen LogP contribution >= 0.6 is 0 Å². The smallest absolute Gasteiger partial charge is 0.229 e. The zero-order chi connectivity index (χ0) is 14.5. The molecule has 5 nitrogen and oxygen atoms in total. The van der Waals surface area contributed by atoms with Gasteiger partial charge in [0.25, 0.3) is 0 Å². The third-order valence-corrected chi connectivity index (χ3v) is 3.00. The predicted molar refractivity (Wildman–Crippen MR) is 74.4 cm³/mol. The molecular weight excluding hydrogens is 256 g/mol. The summed E-state index contributed by atoms with van der Waals surface area (Å²) in [5.41, 5.74) is 0.890. The maximum absolute atomic E-state index is 9.71. The fourth-order valence-electron chi connectivity index (χ4n) is 1.73. The Hall–Kier alpha value is -1.88. The molecule has 0 fully saturated rings. The summed E-state index contributed by atoms with van der Waals surface area (Å²) in [7, 11) is 0. The molecule has 1 N–H and O–H groups in total. The van der Waals surface area contributed by atoms with Gasteiger partial charge < -0.3 is 14.4 Å². The normalized spacial score (nSPS) is 12.7. The van der Waals surface area contributed by atoms with Crippen LogP contribution in [-0.2, 0) is 6.61 Å². The van der Waals surface area contributed by atoms with Crippen LogP contribution in [0.15, 0.2) is 28.8 Å². The third-order valence-electron chi connectivity index (χ3n) is 3.00. The molecule has 2 rings (SSSR count). The highest BCUT2D eigenvalue weighted by Gasteiger charge is 2.10. The standard InChI is InChI=1S/C15H20N2O3/c1-4-13(18)11-5-7-12(8-6-11)19-9-14-16-15(10(2)3)20-17-14/h5-8,10,13,18H,4,9H2,1-3H3.